The van der Waals surface area contributed by atoms with E-state index in [1.807, 2.05) is 0 Å². The van der Waals surface area contributed by atoms with Crippen LogP contribution in [0, 0.1) is 5.82 Å². The molecule has 2 rings (SSSR count). The topological polar surface area (TPSA) is 18.5 Å². The number of para-hydroxylation sites is 1. The summed E-state index contributed by atoms with van der Waals surface area (Å²) in [7, 11) is 1.35. The average molecular weight is 317 g/mol. The standard InChI is InChI=1S/C15H12ClF3O2/c1-20-13-7-6-9(8-11(13)17)14(16)10-4-2-3-5-12(10)21-15(18)19/h2-8,14-15H,1H3. The molecule has 0 radical (unpaired) electrons. The third kappa shape index (κ3) is 3.61. The molecular formula is C15H12ClF3O2. The van der Waals surface area contributed by atoms with Crippen molar-refractivity contribution < 1.29 is 22.6 Å². The maximum Gasteiger partial charge on any atom is 0.387 e. The fourth-order valence-electron chi connectivity index (χ4n) is 1.91. The molecule has 2 nitrogen and oxygen atoms in total. The second-order valence-corrected chi connectivity index (χ2v) is 4.61. The highest BCUT2D eigenvalue weighted by Gasteiger charge is 2.19. The maximum absolute atomic E-state index is 13.7. The Bertz CT molecular complexity index is 620. The summed E-state index contributed by atoms with van der Waals surface area (Å²) < 4.78 is 47.7. The van der Waals surface area contributed by atoms with Gasteiger partial charge in [-0.1, -0.05) is 24.3 Å². The van der Waals surface area contributed by atoms with Crippen molar-refractivity contribution in [3.05, 3.63) is 59.4 Å². The normalized spacial score (nSPS) is 12.3. The largest absolute Gasteiger partial charge is 0.494 e. The number of methoxy groups -OCH3 is 1. The molecule has 0 saturated heterocycles. The van der Waals surface area contributed by atoms with Gasteiger partial charge in [-0.2, -0.15) is 8.78 Å². The molecule has 0 N–H and O–H groups in total. The Morgan fingerprint density at radius 2 is 1.76 bits per heavy atom. The minimum atomic E-state index is -2.96. The lowest BCUT2D eigenvalue weighted by molar-refractivity contribution is -0.0504. The van der Waals surface area contributed by atoms with Gasteiger partial charge in [0.1, 0.15) is 5.75 Å². The van der Waals surface area contributed by atoms with Gasteiger partial charge in [-0.15, -0.1) is 11.6 Å². The van der Waals surface area contributed by atoms with Gasteiger partial charge in [-0.25, -0.2) is 4.39 Å². The third-order valence-electron chi connectivity index (χ3n) is 2.88. The molecule has 0 aliphatic rings. The number of alkyl halides is 3. The summed E-state index contributed by atoms with van der Waals surface area (Å²) in [6.07, 6.45) is 0. The predicted octanol–water partition coefficient (Wildman–Crippen LogP) is 4.76. The number of hydrogen-bond donors (Lipinski definition) is 0. The van der Waals surface area contributed by atoms with Crippen molar-refractivity contribution in [3.63, 3.8) is 0 Å². The molecule has 1 atom stereocenters. The minimum Gasteiger partial charge on any atom is -0.494 e. The molecule has 0 saturated carbocycles. The first-order valence-corrected chi connectivity index (χ1v) is 6.48. The van der Waals surface area contributed by atoms with Gasteiger partial charge in [-0.3, -0.25) is 0 Å². The highest BCUT2D eigenvalue weighted by Crippen LogP contribution is 2.36. The molecule has 2 aromatic rings. The van der Waals surface area contributed by atoms with Crippen LogP contribution in [0.2, 0.25) is 0 Å². The molecule has 1 unspecified atom stereocenters. The second-order valence-electron chi connectivity index (χ2n) is 4.17. The van der Waals surface area contributed by atoms with E-state index in [-0.39, 0.29) is 11.5 Å². The Morgan fingerprint density at radius 1 is 1.05 bits per heavy atom. The number of hydrogen-bond acceptors (Lipinski definition) is 2. The van der Waals surface area contributed by atoms with E-state index in [1.54, 1.807) is 24.3 Å². The molecule has 0 bridgehead atoms. The van der Waals surface area contributed by atoms with Crippen LogP contribution in [0.15, 0.2) is 42.5 Å². The lowest BCUT2D eigenvalue weighted by atomic mass is 10.0. The van der Waals surface area contributed by atoms with Gasteiger partial charge in [0.05, 0.1) is 12.5 Å². The van der Waals surface area contributed by atoms with Gasteiger partial charge in [0, 0.05) is 5.56 Å². The average Bonchev–Trinajstić information content (AvgIpc) is 2.46. The zero-order valence-corrected chi connectivity index (χ0v) is 11.8. The van der Waals surface area contributed by atoms with Gasteiger partial charge in [-0.05, 0) is 23.8 Å². The van der Waals surface area contributed by atoms with Crippen molar-refractivity contribution in [3.8, 4) is 11.5 Å². The van der Waals surface area contributed by atoms with Crippen LogP contribution in [0.3, 0.4) is 0 Å². The lowest BCUT2D eigenvalue weighted by Gasteiger charge is -2.16. The van der Waals surface area contributed by atoms with Crippen molar-refractivity contribution in [2.45, 2.75) is 12.0 Å². The Kier molecular flexibility index (Phi) is 4.96. The zero-order valence-electron chi connectivity index (χ0n) is 11.0. The molecule has 112 valence electrons. The molecule has 0 aromatic heterocycles. The van der Waals surface area contributed by atoms with Crippen LogP contribution in [0.25, 0.3) is 0 Å². The van der Waals surface area contributed by atoms with Crippen molar-refractivity contribution in [1.82, 2.24) is 0 Å². The van der Waals surface area contributed by atoms with Gasteiger partial charge in [0.15, 0.2) is 11.6 Å². The first kappa shape index (κ1) is 15.5. The molecule has 0 aliphatic carbocycles. The summed E-state index contributed by atoms with van der Waals surface area (Å²) in [6.45, 7) is -2.96. The number of halogens is 4. The van der Waals surface area contributed by atoms with Gasteiger partial charge in [0.2, 0.25) is 0 Å². The van der Waals surface area contributed by atoms with Crippen LogP contribution < -0.4 is 9.47 Å². The summed E-state index contributed by atoms with van der Waals surface area (Å²) in [5.41, 5.74) is 0.754. The summed E-state index contributed by atoms with van der Waals surface area (Å²) in [4.78, 5) is 0. The van der Waals surface area contributed by atoms with Crippen LogP contribution in [0.4, 0.5) is 13.2 Å². The van der Waals surface area contributed by atoms with Crippen LogP contribution in [0.5, 0.6) is 11.5 Å². The van der Waals surface area contributed by atoms with E-state index in [1.165, 1.54) is 25.3 Å². The number of benzene rings is 2. The van der Waals surface area contributed by atoms with Gasteiger partial charge >= 0.3 is 6.61 Å². The van der Waals surface area contributed by atoms with Crippen molar-refractivity contribution in [1.29, 1.82) is 0 Å². The predicted molar refractivity (Wildman–Crippen MR) is 73.7 cm³/mol. The molecule has 0 amide bonds. The molecule has 0 spiro atoms. The summed E-state index contributed by atoms with van der Waals surface area (Å²) in [5.74, 6) is -0.531. The first-order valence-electron chi connectivity index (χ1n) is 6.04. The van der Waals surface area contributed by atoms with E-state index in [4.69, 9.17) is 16.3 Å². The highest BCUT2D eigenvalue weighted by molar-refractivity contribution is 6.22. The zero-order chi connectivity index (χ0) is 15.4. The van der Waals surface area contributed by atoms with Crippen LogP contribution in [0.1, 0.15) is 16.5 Å². The van der Waals surface area contributed by atoms with Gasteiger partial charge < -0.3 is 9.47 Å². The third-order valence-corrected chi connectivity index (χ3v) is 3.36. The summed E-state index contributed by atoms with van der Waals surface area (Å²) >= 11 is 6.26. The molecule has 6 heteroatoms. The Morgan fingerprint density at radius 3 is 2.38 bits per heavy atom. The lowest BCUT2D eigenvalue weighted by Crippen LogP contribution is -2.06. The Hall–Kier alpha value is -1.88. The van der Waals surface area contributed by atoms with E-state index >= 15 is 0 Å². The molecule has 0 heterocycles. The van der Waals surface area contributed by atoms with Crippen molar-refractivity contribution >= 4 is 11.6 Å². The van der Waals surface area contributed by atoms with Crippen molar-refractivity contribution in [2.75, 3.05) is 7.11 Å². The fourth-order valence-corrected chi connectivity index (χ4v) is 2.23. The fraction of sp³-hybridized carbons (Fsp3) is 0.200. The quantitative estimate of drug-likeness (QED) is 0.740. The van der Waals surface area contributed by atoms with Crippen LogP contribution >= 0.6 is 11.6 Å². The highest BCUT2D eigenvalue weighted by atomic mass is 35.5. The monoisotopic (exact) mass is 316 g/mol. The summed E-state index contributed by atoms with van der Waals surface area (Å²) in [5, 5.41) is -0.819. The Labute approximate surface area is 125 Å². The minimum absolute atomic E-state index is 0.0382. The Balaban J connectivity index is 2.35. The van der Waals surface area contributed by atoms with E-state index in [0.29, 0.717) is 11.1 Å². The molecular weight excluding hydrogens is 305 g/mol. The van der Waals surface area contributed by atoms with Crippen LogP contribution in [-0.2, 0) is 0 Å². The molecule has 0 aliphatic heterocycles. The van der Waals surface area contributed by atoms with Crippen LogP contribution in [-0.4, -0.2) is 13.7 Å². The van der Waals surface area contributed by atoms with E-state index < -0.39 is 17.8 Å². The summed E-state index contributed by atoms with van der Waals surface area (Å²) in [6, 6.07) is 10.3. The number of rotatable bonds is 5. The molecule has 2 aromatic carbocycles. The maximum atomic E-state index is 13.7. The van der Waals surface area contributed by atoms with E-state index in [2.05, 4.69) is 4.74 Å². The second kappa shape index (κ2) is 6.72. The smallest absolute Gasteiger partial charge is 0.387 e. The SMILES string of the molecule is COc1ccc(C(Cl)c2ccccc2OC(F)F)cc1F. The van der Waals surface area contributed by atoms with Crippen molar-refractivity contribution in [2.24, 2.45) is 0 Å². The molecule has 0 fully saturated rings. The van der Waals surface area contributed by atoms with E-state index in [9.17, 15) is 13.2 Å². The molecule has 21 heavy (non-hydrogen) atoms. The first-order chi connectivity index (χ1) is 10.0. The van der Waals surface area contributed by atoms with Gasteiger partial charge in [0.25, 0.3) is 0 Å². The number of ether oxygens (including phenoxy) is 2. The van der Waals surface area contributed by atoms with E-state index in [0.717, 1.165) is 0 Å².